The highest BCUT2D eigenvalue weighted by molar-refractivity contribution is 6.34. The Morgan fingerprint density at radius 3 is 2.90 bits per heavy atom. The fourth-order valence-corrected chi connectivity index (χ4v) is 2.01. The van der Waals surface area contributed by atoms with E-state index in [1.54, 1.807) is 19.1 Å². The first-order chi connectivity index (χ1) is 10.0. The molecule has 0 radical (unpaired) electrons. The summed E-state index contributed by atoms with van der Waals surface area (Å²) in [7, 11) is 0. The number of amides is 1. The van der Waals surface area contributed by atoms with Crippen LogP contribution in [-0.2, 0) is 0 Å². The summed E-state index contributed by atoms with van der Waals surface area (Å²) in [5, 5.41) is 5.90. The summed E-state index contributed by atoms with van der Waals surface area (Å²) in [6.45, 7) is 4.20. The van der Waals surface area contributed by atoms with Crippen molar-refractivity contribution in [3.63, 3.8) is 0 Å². The largest absolute Gasteiger partial charge is 0.370 e. The van der Waals surface area contributed by atoms with E-state index in [2.05, 4.69) is 15.6 Å². The van der Waals surface area contributed by atoms with Gasteiger partial charge >= 0.3 is 0 Å². The van der Waals surface area contributed by atoms with Gasteiger partial charge in [-0.05, 0) is 32.0 Å². The van der Waals surface area contributed by atoms with Gasteiger partial charge in [-0.15, -0.1) is 0 Å². The van der Waals surface area contributed by atoms with Crippen molar-refractivity contribution in [3.05, 3.63) is 52.4 Å². The number of rotatable bonds is 4. The molecule has 1 aromatic heterocycles. The van der Waals surface area contributed by atoms with Crippen molar-refractivity contribution < 1.29 is 9.18 Å². The van der Waals surface area contributed by atoms with Gasteiger partial charge in [0.2, 0.25) is 0 Å². The summed E-state index contributed by atoms with van der Waals surface area (Å²) in [5.74, 6) is -0.222. The molecule has 1 aromatic carbocycles. The fraction of sp³-hybridized carbons (Fsp3) is 0.200. The molecule has 0 fully saturated rings. The zero-order valence-corrected chi connectivity index (χ0v) is 12.5. The van der Waals surface area contributed by atoms with Crippen LogP contribution in [0.2, 0.25) is 5.02 Å². The van der Waals surface area contributed by atoms with Gasteiger partial charge in [-0.1, -0.05) is 17.7 Å². The Bertz CT molecular complexity index is 676. The molecule has 0 saturated heterocycles. The van der Waals surface area contributed by atoms with Crippen molar-refractivity contribution in [2.24, 2.45) is 0 Å². The molecule has 6 heteroatoms. The maximum absolute atomic E-state index is 13.5. The van der Waals surface area contributed by atoms with Crippen molar-refractivity contribution in [2.45, 2.75) is 13.8 Å². The Kier molecular flexibility index (Phi) is 4.75. The minimum Gasteiger partial charge on any atom is -0.370 e. The van der Waals surface area contributed by atoms with E-state index in [9.17, 15) is 9.18 Å². The maximum Gasteiger partial charge on any atom is 0.257 e. The van der Waals surface area contributed by atoms with Crippen molar-refractivity contribution in [1.29, 1.82) is 0 Å². The number of carbonyl (C=O) groups excluding carboxylic acids is 1. The second-order valence-corrected chi connectivity index (χ2v) is 4.85. The highest BCUT2D eigenvalue weighted by Gasteiger charge is 2.14. The molecule has 2 rings (SSSR count). The quantitative estimate of drug-likeness (QED) is 0.901. The zero-order valence-electron chi connectivity index (χ0n) is 11.7. The number of hydrogen-bond donors (Lipinski definition) is 2. The van der Waals surface area contributed by atoms with Crippen LogP contribution in [0.4, 0.5) is 15.9 Å². The lowest BCUT2D eigenvalue weighted by Gasteiger charge is -2.11. The molecule has 2 aromatic rings. The Morgan fingerprint density at radius 2 is 2.19 bits per heavy atom. The summed E-state index contributed by atoms with van der Waals surface area (Å²) in [4.78, 5) is 16.3. The van der Waals surface area contributed by atoms with Crippen molar-refractivity contribution in [1.82, 2.24) is 4.98 Å². The second-order valence-electron chi connectivity index (χ2n) is 4.45. The average Bonchev–Trinajstić information content (AvgIpc) is 2.46. The molecule has 1 heterocycles. The number of benzene rings is 1. The zero-order chi connectivity index (χ0) is 15.4. The van der Waals surface area contributed by atoms with E-state index in [0.29, 0.717) is 23.6 Å². The van der Waals surface area contributed by atoms with E-state index in [-0.39, 0.29) is 16.4 Å². The molecule has 1 amide bonds. The van der Waals surface area contributed by atoms with Crippen LogP contribution < -0.4 is 10.6 Å². The lowest BCUT2D eigenvalue weighted by Crippen LogP contribution is -2.14. The van der Waals surface area contributed by atoms with E-state index in [1.807, 2.05) is 6.92 Å². The minimum absolute atomic E-state index is 0.239. The first-order valence-corrected chi connectivity index (χ1v) is 6.86. The SMILES string of the molecule is CCNc1cc(C(=O)Nc2cccc(F)c2C)c(Cl)cn1. The van der Waals surface area contributed by atoms with Crippen molar-refractivity contribution in [2.75, 3.05) is 17.2 Å². The Labute approximate surface area is 127 Å². The van der Waals surface area contributed by atoms with Crippen LogP contribution in [0.15, 0.2) is 30.5 Å². The molecule has 0 spiro atoms. The lowest BCUT2D eigenvalue weighted by atomic mass is 10.1. The molecule has 0 bridgehead atoms. The first kappa shape index (κ1) is 15.3. The number of hydrogen-bond acceptors (Lipinski definition) is 3. The molecule has 0 aliphatic rings. The number of carbonyl (C=O) groups is 1. The van der Waals surface area contributed by atoms with E-state index in [0.717, 1.165) is 0 Å². The normalized spacial score (nSPS) is 10.3. The molecular weight excluding hydrogens is 293 g/mol. The predicted molar refractivity (Wildman–Crippen MR) is 82.5 cm³/mol. The number of pyridine rings is 1. The molecule has 2 N–H and O–H groups in total. The van der Waals surface area contributed by atoms with Crippen LogP contribution in [-0.4, -0.2) is 17.4 Å². The first-order valence-electron chi connectivity index (χ1n) is 6.48. The smallest absolute Gasteiger partial charge is 0.257 e. The highest BCUT2D eigenvalue weighted by Crippen LogP contribution is 2.22. The third-order valence-corrected chi connectivity index (χ3v) is 3.27. The van der Waals surface area contributed by atoms with Gasteiger partial charge in [0.05, 0.1) is 10.6 Å². The lowest BCUT2D eigenvalue weighted by molar-refractivity contribution is 0.102. The van der Waals surface area contributed by atoms with Crippen molar-refractivity contribution in [3.8, 4) is 0 Å². The van der Waals surface area contributed by atoms with Crippen LogP contribution in [0.25, 0.3) is 0 Å². The molecule has 21 heavy (non-hydrogen) atoms. The second kappa shape index (κ2) is 6.54. The van der Waals surface area contributed by atoms with Crippen LogP contribution in [0, 0.1) is 12.7 Å². The van der Waals surface area contributed by atoms with Crippen LogP contribution in [0.5, 0.6) is 0 Å². The maximum atomic E-state index is 13.5. The summed E-state index contributed by atoms with van der Waals surface area (Å²) < 4.78 is 13.5. The van der Waals surface area contributed by atoms with Crippen LogP contribution in [0.1, 0.15) is 22.8 Å². The molecule has 0 aliphatic carbocycles. The monoisotopic (exact) mass is 307 g/mol. The van der Waals surface area contributed by atoms with Gasteiger partial charge in [0.25, 0.3) is 5.91 Å². The number of nitrogens with zero attached hydrogens (tertiary/aromatic N) is 1. The van der Waals surface area contributed by atoms with Crippen molar-refractivity contribution >= 4 is 29.0 Å². The van der Waals surface area contributed by atoms with Gasteiger partial charge in [0.15, 0.2) is 0 Å². The third-order valence-electron chi connectivity index (χ3n) is 2.97. The van der Waals surface area contributed by atoms with Crippen LogP contribution >= 0.6 is 11.6 Å². The summed E-state index contributed by atoms with van der Waals surface area (Å²) in [6.07, 6.45) is 1.41. The van der Waals surface area contributed by atoms with E-state index < -0.39 is 5.91 Å². The fourth-order valence-electron chi connectivity index (χ4n) is 1.82. The van der Waals surface area contributed by atoms with Crippen LogP contribution in [0.3, 0.4) is 0 Å². The Hall–Kier alpha value is -2.14. The van der Waals surface area contributed by atoms with Gasteiger partial charge in [0, 0.05) is 24.0 Å². The van der Waals surface area contributed by atoms with E-state index in [4.69, 9.17) is 11.6 Å². The Balaban J connectivity index is 2.28. The molecule has 0 atom stereocenters. The minimum atomic E-state index is -0.407. The summed E-state index contributed by atoms with van der Waals surface area (Å²) in [5.41, 5.74) is 1.08. The Morgan fingerprint density at radius 1 is 1.43 bits per heavy atom. The third kappa shape index (κ3) is 3.49. The van der Waals surface area contributed by atoms with Gasteiger partial charge in [-0.2, -0.15) is 0 Å². The molecule has 0 aliphatic heterocycles. The van der Waals surface area contributed by atoms with E-state index >= 15 is 0 Å². The number of anilines is 2. The number of nitrogens with one attached hydrogen (secondary N) is 2. The summed E-state index contributed by atoms with van der Waals surface area (Å²) >= 11 is 6.00. The molecule has 4 nitrogen and oxygen atoms in total. The molecule has 0 unspecified atom stereocenters. The molecule has 0 saturated carbocycles. The topological polar surface area (TPSA) is 54.0 Å². The standard InChI is InChI=1S/C15H15ClFN3O/c1-3-18-14-7-10(11(16)8-19-14)15(21)20-13-6-4-5-12(17)9(13)2/h4-8H,3H2,1-2H3,(H,18,19)(H,20,21). The predicted octanol–water partition coefficient (Wildman–Crippen LogP) is 3.87. The molecule has 110 valence electrons. The van der Waals surface area contributed by atoms with Gasteiger partial charge in [0.1, 0.15) is 11.6 Å². The van der Waals surface area contributed by atoms with Gasteiger partial charge in [-0.3, -0.25) is 4.79 Å². The summed E-state index contributed by atoms with van der Waals surface area (Å²) in [6, 6.07) is 6.08. The number of halogens is 2. The highest BCUT2D eigenvalue weighted by atomic mass is 35.5. The van der Waals surface area contributed by atoms with Gasteiger partial charge < -0.3 is 10.6 Å². The van der Waals surface area contributed by atoms with Gasteiger partial charge in [-0.25, -0.2) is 9.37 Å². The molecular formula is C15H15ClFN3O. The average molecular weight is 308 g/mol. The number of aromatic nitrogens is 1. The van der Waals surface area contributed by atoms with E-state index in [1.165, 1.54) is 18.3 Å².